The fourth-order valence-electron chi connectivity index (χ4n) is 3.54. The first-order chi connectivity index (χ1) is 15.6. The van der Waals surface area contributed by atoms with Crippen LogP contribution < -0.4 is 20.6 Å². The van der Waals surface area contributed by atoms with Crippen molar-refractivity contribution in [2.45, 2.75) is 32.1 Å². The Kier molecular flexibility index (Phi) is 7.32. The normalized spacial score (nSPS) is 14.6. The highest BCUT2D eigenvalue weighted by Gasteiger charge is 2.32. The molecule has 0 aromatic heterocycles. The highest BCUT2D eigenvalue weighted by Crippen LogP contribution is 2.20. The zero-order valence-corrected chi connectivity index (χ0v) is 20.3. The Morgan fingerprint density at radius 3 is 2.21 bits per heavy atom. The molecule has 2 N–H and O–H groups in total. The SMILES string of the molecule is COc1ccc(C(NC(=O)CN2C(=O)CNC2=O)C(=O)Cc2ccc([Si](C)(C)C)cc2)cc1. The number of urea groups is 1. The first-order valence-electron chi connectivity index (χ1n) is 10.7. The van der Waals surface area contributed by atoms with Crippen LogP contribution in [0, 0.1) is 0 Å². The van der Waals surface area contributed by atoms with Gasteiger partial charge in [-0.25, -0.2) is 4.79 Å². The van der Waals surface area contributed by atoms with E-state index < -0.39 is 38.5 Å². The van der Waals surface area contributed by atoms with Crippen molar-refractivity contribution in [2.75, 3.05) is 20.2 Å². The molecule has 0 bridgehead atoms. The summed E-state index contributed by atoms with van der Waals surface area (Å²) >= 11 is 0. The Labute approximate surface area is 194 Å². The van der Waals surface area contributed by atoms with Gasteiger partial charge < -0.3 is 15.4 Å². The highest BCUT2D eigenvalue weighted by atomic mass is 28.3. The summed E-state index contributed by atoms with van der Waals surface area (Å²) in [5.74, 6) is -0.655. The number of methoxy groups -OCH3 is 1. The molecule has 1 atom stereocenters. The third-order valence-corrected chi connectivity index (χ3v) is 7.58. The summed E-state index contributed by atoms with van der Waals surface area (Å²) < 4.78 is 5.18. The van der Waals surface area contributed by atoms with Crippen LogP contribution in [0.15, 0.2) is 48.5 Å². The van der Waals surface area contributed by atoms with E-state index in [2.05, 4.69) is 42.4 Å². The van der Waals surface area contributed by atoms with E-state index in [0.29, 0.717) is 11.3 Å². The van der Waals surface area contributed by atoms with Crippen LogP contribution in [0.3, 0.4) is 0 Å². The molecule has 1 heterocycles. The number of benzene rings is 2. The van der Waals surface area contributed by atoms with Crippen molar-refractivity contribution < 1.29 is 23.9 Å². The summed E-state index contributed by atoms with van der Waals surface area (Å²) in [6.07, 6.45) is 0.131. The van der Waals surface area contributed by atoms with Gasteiger partial charge in [0.25, 0.3) is 5.91 Å². The molecule has 8 nitrogen and oxygen atoms in total. The number of rotatable bonds is 9. The first-order valence-corrected chi connectivity index (χ1v) is 14.2. The molecule has 1 unspecified atom stereocenters. The van der Waals surface area contributed by atoms with E-state index in [-0.39, 0.29) is 18.7 Å². The van der Waals surface area contributed by atoms with Gasteiger partial charge in [-0.3, -0.25) is 19.3 Å². The van der Waals surface area contributed by atoms with Gasteiger partial charge in [0.2, 0.25) is 5.91 Å². The van der Waals surface area contributed by atoms with Crippen molar-refractivity contribution in [1.82, 2.24) is 15.5 Å². The number of ketones is 1. The molecule has 0 spiro atoms. The number of hydrogen-bond donors (Lipinski definition) is 2. The van der Waals surface area contributed by atoms with E-state index in [1.807, 2.05) is 12.1 Å². The van der Waals surface area contributed by atoms with Gasteiger partial charge in [0, 0.05) is 6.42 Å². The summed E-state index contributed by atoms with van der Waals surface area (Å²) in [5.41, 5.74) is 1.44. The molecule has 2 aromatic carbocycles. The summed E-state index contributed by atoms with van der Waals surface area (Å²) in [6.45, 7) is 6.19. The van der Waals surface area contributed by atoms with Crippen LogP contribution in [0.5, 0.6) is 5.75 Å². The second kappa shape index (κ2) is 9.99. The molecule has 0 radical (unpaired) electrons. The molecule has 33 heavy (non-hydrogen) atoms. The van der Waals surface area contributed by atoms with Gasteiger partial charge in [-0.15, -0.1) is 0 Å². The minimum atomic E-state index is -1.45. The maximum atomic E-state index is 13.3. The summed E-state index contributed by atoms with van der Waals surface area (Å²) in [7, 11) is 0.0938. The Bertz CT molecular complexity index is 1030. The van der Waals surface area contributed by atoms with Crippen molar-refractivity contribution >= 4 is 36.9 Å². The monoisotopic (exact) mass is 467 g/mol. The zero-order valence-electron chi connectivity index (χ0n) is 19.3. The summed E-state index contributed by atoms with van der Waals surface area (Å²) in [6, 6.07) is 13.3. The van der Waals surface area contributed by atoms with Gasteiger partial charge in [-0.05, 0) is 23.3 Å². The van der Waals surface area contributed by atoms with Gasteiger partial charge in [-0.2, -0.15) is 0 Å². The summed E-state index contributed by atoms with van der Waals surface area (Å²) in [4.78, 5) is 50.3. The van der Waals surface area contributed by atoms with Crippen LogP contribution in [0.4, 0.5) is 4.79 Å². The average molecular weight is 468 g/mol. The molecule has 2 aromatic rings. The lowest BCUT2D eigenvalue weighted by Gasteiger charge is -2.21. The predicted octanol–water partition coefficient (Wildman–Crippen LogP) is 1.76. The molecular formula is C24H29N3O5Si. The Balaban J connectivity index is 1.78. The topological polar surface area (TPSA) is 105 Å². The average Bonchev–Trinajstić information content (AvgIpc) is 3.09. The van der Waals surface area contributed by atoms with E-state index in [1.54, 1.807) is 31.4 Å². The largest absolute Gasteiger partial charge is 0.497 e. The van der Waals surface area contributed by atoms with Gasteiger partial charge >= 0.3 is 6.03 Å². The molecule has 4 amide bonds. The lowest BCUT2D eigenvalue weighted by molar-refractivity contribution is -0.132. The second-order valence-electron chi connectivity index (χ2n) is 9.00. The number of amides is 4. The lowest BCUT2D eigenvalue weighted by atomic mass is 9.97. The quantitative estimate of drug-likeness (QED) is 0.432. The molecule has 0 aliphatic carbocycles. The van der Waals surface area contributed by atoms with Crippen molar-refractivity contribution in [3.8, 4) is 5.75 Å². The molecule has 1 aliphatic rings. The molecule has 1 fully saturated rings. The standard InChI is InChI=1S/C24H29N3O5Si/c1-32-18-9-7-17(8-10-18)23(26-21(29)15-27-22(30)14-25-24(27)31)20(28)13-16-5-11-19(12-6-16)33(2,3)4/h5-12,23H,13-15H2,1-4H3,(H,25,31)(H,26,29). The van der Waals surface area contributed by atoms with E-state index in [4.69, 9.17) is 4.74 Å². The van der Waals surface area contributed by atoms with E-state index in [0.717, 1.165) is 10.5 Å². The minimum Gasteiger partial charge on any atom is -0.497 e. The van der Waals surface area contributed by atoms with E-state index in [1.165, 1.54) is 5.19 Å². The first kappa shape index (κ1) is 24.2. The molecule has 9 heteroatoms. The molecule has 0 saturated carbocycles. The predicted molar refractivity (Wildman–Crippen MR) is 127 cm³/mol. The number of nitrogens with one attached hydrogen (secondary N) is 2. The number of carbonyl (C=O) groups excluding carboxylic acids is 4. The molecule has 1 saturated heterocycles. The van der Waals surface area contributed by atoms with Gasteiger partial charge in [-0.1, -0.05) is 61.2 Å². The van der Waals surface area contributed by atoms with E-state index in [9.17, 15) is 19.2 Å². The Hall–Kier alpha value is -3.46. The zero-order chi connectivity index (χ0) is 24.2. The third-order valence-electron chi connectivity index (χ3n) is 5.51. The smallest absolute Gasteiger partial charge is 0.325 e. The van der Waals surface area contributed by atoms with Gasteiger partial charge in [0.05, 0.1) is 21.7 Å². The fraction of sp³-hybridized carbons (Fsp3) is 0.333. The fourth-order valence-corrected chi connectivity index (χ4v) is 4.70. The molecule has 3 rings (SSSR count). The van der Waals surface area contributed by atoms with Gasteiger partial charge in [0.1, 0.15) is 18.3 Å². The maximum Gasteiger partial charge on any atom is 0.325 e. The van der Waals surface area contributed by atoms with Gasteiger partial charge in [0.15, 0.2) is 5.78 Å². The van der Waals surface area contributed by atoms with Crippen LogP contribution in [-0.2, 0) is 20.8 Å². The molecular weight excluding hydrogens is 438 g/mol. The van der Waals surface area contributed by atoms with Crippen LogP contribution in [0.1, 0.15) is 17.2 Å². The third kappa shape index (κ3) is 6.07. The lowest BCUT2D eigenvalue weighted by Crippen LogP contribution is -2.43. The number of carbonyl (C=O) groups is 4. The summed E-state index contributed by atoms with van der Waals surface area (Å²) in [5, 5.41) is 6.37. The molecule has 1 aliphatic heterocycles. The van der Waals surface area contributed by atoms with Crippen LogP contribution in [0.2, 0.25) is 19.6 Å². The second-order valence-corrected chi connectivity index (χ2v) is 14.1. The van der Waals surface area contributed by atoms with E-state index >= 15 is 0 Å². The van der Waals surface area contributed by atoms with Crippen LogP contribution in [-0.4, -0.2) is 56.8 Å². The number of hydrogen-bond acceptors (Lipinski definition) is 5. The van der Waals surface area contributed by atoms with Crippen molar-refractivity contribution in [2.24, 2.45) is 0 Å². The van der Waals surface area contributed by atoms with Crippen LogP contribution in [0.25, 0.3) is 0 Å². The Morgan fingerprint density at radius 2 is 1.70 bits per heavy atom. The number of Topliss-reactive ketones (excluding diaryl/α,β-unsaturated/α-hetero) is 1. The minimum absolute atomic E-state index is 0.131. The number of ether oxygens (including phenoxy) is 1. The van der Waals surface area contributed by atoms with Crippen molar-refractivity contribution in [3.63, 3.8) is 0 Å². The van der Waals surface area contributed by atoms with Crippen molar-refractivity contribution in [3.05, 3.63) is 59.7 Å². The maximum absolute atomic E-state index is 13.3. The van der Waals surface area contributed by atoms with Crippen LogP contribution >= 0.6 is 0 Å². The Morgan fingerprint density at radius 1 is 1.06 bits per heavy atom. The number of nitrogens with zero attached hydrogens (tertiary/aromatic N) is 1. The van der Waals surface area contributed by atoms with Crippen molar-refractivity contribution in [1.29, 1.82) is 0 Å². The molecule has 174 valence electrons. The highest BCUT2D eigenvalue weighted by molar-refractivity contribution is 6.88. The number of imide groups is 1.